The van der Waals surface area contributed by atoms with Gasteiger partial charge < -0.3 is 10.6 Å². The van der Waals surface area contributed by atoms with Crippen LogP contribution in [-0.4, -0.2) is 37.0 Å². The van der Waals surface area contributed by atoms with E-state index in [4.69, 9.17) is 5.73 Å². The van der Waals surface area contributed by atoms with Crippen LogP contribution in [0.2, 0.25) is 0 Å². The molecule has 1 amide bonds. The van der Waals surface area contributed by atoms with Crippen molar-refractivity contribution in [3.05, 3.63) is 35.9 Å². The summed E-state index contributed by atoms with van der Waals surface area (Å²) in [6.07, 6.45) is 3.24. The lowest BCUT2D eigenvalue weighted by atomic mass is 9.85. The molecule has 0 spiro atoms. The number of nitrogens with zero attached hydrogens (tertiary/aromatic N) is 1. The second kappa shape index (κ2) is 6.37. The van der Waals surface area contributed by atoms with Crippen LogP contribution in [-0.2, 0) is 10.3 Å². The highest BCUT2D eigenvalue weighted by atomic mass is 16.1. The minimum atomic E-state index is -0.765. The molecule has 1 unspecified atom stereocenters. The van der Waals surface area contributed by atoms with E-state index in [0.717, 1.165) is 12.1 Å². The molecule has 1 aliphatic rings. The molecule has 1 saturated carbocycles. The van der Waals surface area contributed by atoms with Gasteiger partial charge in [0, 0.05) is 12.6 Å². The second-order valence-corrected chi connectivity index (χ2v) is 5.63. The molecule has 0 saturated heterocycles. The summed E-state index contributed by atoms with van der Waals surface area (Å²) in [6, 6.07) is 10.5. The van der Waals surface area contributed by atoms with E-state index in [1.807, 2.05) is 37.3 Å². The van der Waals surface area contributed by atoms with Gasteiger partial charge in [0.15, 0.2) is 0 Å². The number of rotatable bonds is 8. The first-order valence-electron chi connectivity index (χ1n) is 7.41. The molecule has 1 fully saturated rings. The Labute approximate surface area is 121 Å². The van der Waals surface area contributed by atoms with Gasteiger partial charge in [-0.25, -0.2) is 0 Å². The summed E-state index contributed by atoms with van der Waals surface area (Å²) in [5.41, 5.74) is 5.94. The standard InChI is InChI=1S/C16H25N3O/c1-3-18-16(15(17)20,13-7-5-4-6-8-13)11-12-19(2)14-9-10-14/h4-8,14,18H,3,9-12H2,1-2H3,(H2,17,20). The lowest BCUT2D eigenvalue weighted by molar-refractivity contribution is -0.125. The van der Waals surface area contributed by atoms with Gasteiger partial charge in [-0.1, -0.05) is 37.3 Å². The van der Waals surface area contributed by atoms with Gasteiger partial charge in [-0.15, -0.1) is 0 Å². The van der Waals surface area contributed by atoms with Gasteiger partial charge in [-0.3, -0.25) is 10.1 Å². The zero-order valence-electron chi connectivity index (χ0n) is 12.4. The highest BCUT2D eigenvalue weighted by Crippen LogP contribution is 2.29. The Morgan fingerprint density at radius 3 is 2.55 bits per heavy atom. The third-order valence-corrected chi connectivity index (χ3v) is 4.18. The summed E-state index contributed by atoms with van der Waals surface area (Å²) in [5, 5.41) is 3.33. The quantitative estimate of drug-likeness (QED) is 0.755. The van der Waals surface area contributed by atoms with Crippen molar-refractivity contribution in [3.63, 3.8) is 0 Å². The monoisotopic (exact) mass is 275 g/mol. The van der Waals surface area contributed by atoms with Crippen molar-refractivity contribution in [3.8, 4) is 0 Å². The number of amides is 1. The van der Waals surface area contributed by atoms with Crippen LogP contribution in [0.15, 0.2) is 30.3 Å². The maximum absolute atomic E-state index is 12.2. The van der Waals surface area contributed by atoms with Gasteiger partial charge >= 0.3 is 0 Å². The zero-order chi connectivity index (χ0) is 14.6. The number of hydrogen-bond donors (Lipinski definition) is 2. The van der Waals surface area contributed by atoms with Gasteiger partial charge in [0.2, 0.25) is 5.91 Å². The van der Waals surface area contributed by atoms with E-state index in [2.05, 4.69) is 17.3 Å². The van der Waals surface area contributed by atoms with Crippen LogP contribution >= 0.6 is 0 Å². The summed E-state index contributed by atoms with van der Waals surface area (Å²) in [4.78, 5) is 14.5. The third kappa shape index (κ3) is 3.19. The van der Waals surface area contributed by atoms with Crippen LogP contribution in [0, 0.1) is 0 Å². The fourth-order valence-corrected chi connectivity index (χ4v) is 2.75. The zero-order valence-corrected chi connectivity index (χ0v) is 12.4. The Morgan fingerprint density at radius 2 is 2.05 bits per heavy atom. The van der Waals surface area contributed by atoms with Crippen LogP contribution in [0.5, 0.6) is 0 Å². The number of benzene rings is 1. The van der Waals surface area contributed by atoms with Crippen molar-refractivity contribution in [1.82, 2.24) is 10.2 Å². The first-order valence-corrected chi connectivity index (χ1v) is 7.41. The van der Waals surface area contributed by atoms with Crippen LogP contribution in [0.1, 0.15) is 31.7 Å². The maximum Gasteiger partial charge on any atom is 0.242 e. The Kier molecular flexibility index (Phi) is 4.78. The average Bonchev–Trinajstić information content (AvgIpc) is 3.28. The van der Waals surface area contributed by atoms with E-state index in [0.29, 0.717) is 19.0 Å². The number of primary amides is 1. The van der Waals surface area contributed by atoms with E-state index in [9.17, 15) is 4.79 Å². The number of nitrogens with two attached hydrogens (primary N) is 1. The molecule has 3 N–H and O–H groups in total. The summed E-state index contributed by atoms with van der Waals surface area (Å²) in [6.45, 7) is 3.59. The second-order valence-electron chi connectivity index (χ2n) is 5.63. The van der Waals surface area contributed by atoms with Crippen LogP contribution in [0.4, 0.5) is 0 Å². The summed E-state index contributed by atoms with van der Waals surface area (Å²) in [5.74, 6) is -0.297. The minimum absolute atomic E-state index is 0.297. The Hall–Kier alpha value is -1.39. The predicted molar refractivity (Wildman–Crippen MR) is 81.3 cm³/mol. The van der Waals surface area contributed by atoms with E-state index in [-0.39, 0.29) is 5.91 Å². The Bertz CT molecular complexity index is 444. The van der Waals surface area contributed by atoms with Gasteiger partial charge in [-0.2, -0.15) is 0 Å². The largest absolute Gasteiger partial charge is 0.368 e. The molecule has 4 nitrogen and oxygen atoms in total. The number of hydrogen-bond acceptors (Lipinski definition) is 3. The topological polar surface area (TPSA) is 58.4 Å². The van der Waals surface area contributed by atoms with Crippen molar-refractivity contribution < 1.29 is 4.79 Å². The van der Waals surface area contributed by atoms with Crippen molar-refractivity contribution in [2.75, 3.05) is 20.1 Å². The van der Waals surface area contributed by atoms with Gasteiger partial charge in [0.05, 0.1) is 0 Å². The molecule has 2 rings (SSSR count). The molecule has 1 aliphatic carbocycles. The van der Waals surface area contributed by atoms with Crippen molar-refractivity contribution in [1.29, 1.82) is 0 Å². The lowest BCUT2D eigenvalue weighted by Crippen LogP contribution is -2.54. The fourth-order valence-electron chi connectivity index (χ4n) is 2.75. The summed E-state index contributed by atoms with van der Waals surface area (Å²) < 4.78 is 0. The van der Waals surface area contributed by atoms with E-state index in [1.54, 1.807) is 0 Å². The number of likely N-dealkylation sites (N-methyl/N-ethyl adjacent to an activating group) is 1. The van der Waals surface area contributed by atoms with Crippen molar-refractivity contribution >= 4 is 5.91 Å². The lowest BCUT2D eigenvalue weighted by Gasteiger charge is -2.33. The number of carbonyl (C=O) groups is 1. The third-order valence-electron chi connectivity index (χ3n) is 4.18. The number of carbonyl (C=O) groups excluding carboxylic acids is 1. The molecule has 1 atom stereocenters. The molecule has 0 bridgehead atoms. The van der Waals surface area contributed by atoms with Gasteiger partial charge in [0.1, 0.15) is 5.54 Å². The summed E-state index contributed by atoms with van der Waals surface area (Å²) >= 11 is 0. The van der Waals surface area contributed by atoms with Crippen LogP contribution in [0.25, 0.3) is 0 Å². The molecular formula is C16H25N3O. The molecule has 0 radical (unpaired) electrons. The van der Waals surface area contributed by atoms with Crippen LogP contribution in [0.3, 0.4) is 0 Å². The van der Waals surface area contributed by atoms with Gasteiger partial charge in [0.25, 0.3) is 0 Å². The molecule has 0 heterocycles. The Balaban J connectivity index is 2.19. The maximum atomic E-state index is 12.2. The molecule has 1 aromatic carbocycles. The SMILES string of the molecule is CCNC(CCN(C)C1CC1)(C(N)=O)c1ccccc1. The molecule has 1 aromatic rings. The number of nitrogens with one attached hydrogen (secondary N) is 1. The molecule has 4 heteroatoms. The van der Waals surface area contributed by atoms with Gasteiger partial charge in [-0.05, 0) is 38.4 Å². The fraction of sp³-hybridized carbons (Fsp3) is 0.562. The first-order chi connectivity index (χ1) is 9.60. The molecule has 110 valence electrons. The average molecular weight is 275 g/mol. The highest BCUT2D eigenvalue weighted by molar-refractivity contribution is 5.86. The van der Waals surface area contributed by atoms with Crippen molar-refractivity contribution in [2.45, 2.75) is 37.8 Å². The highest BCUT2D eigenvalue weighted by Gasteiger charge is 2.38. The Morgan fingerprint density at radius 1 is 1.40 bits per heavy atom. The normalized spacial score (nSPS) is 17.9. The molecule has 0 aromatic heterocycles. The minimum Gasteiger partial charge on any atom is -0.368 e. The molecule has 20 heavy (non-hydrogen) atoms. The molecular weight excluding hydrogens is 250 g/mol. The smallest absolute Gasteiger partial charge is 0.242 e. The first kappa shape index (κ1) is 15.0. The predicted octanol–water partition coefficient (Wildman–Crippen LogP) is 1.46. The summed E-state index contributed by atoms with van der Waals surface area (Å²) in [7, 11) is 2.13. The van der Waals surface area contributed by atoms with Crippen molar-refractivity contribution in [2.24, 2.45) is 5.73 Å². The van der Waals surface area contributed by atoms with E-state index < -0.39 is 5.54 Å². The molecule has 0 aliphatic heterocycles. The van der Waals surface area contributed by atoms with Crippen LogP contribution < -0.4 is 11.1 Å². The van der Waals surface area contributed by atoms with E-state index >= 15 is 0 Å². The van der Waals surface area contributed by atoms with E-state index in [1.165, 1.54) is 12.8 Å².